The molecule has 0 saturated carbocycles. The predicted octanol–water partition coefficient (Wildman–Crippen LogP) is 3.26. The number of aromatic amines is 1. The topological polar surface area (TPSA) is 40.7 Å². The highest BCUT2D eigenvalue weighted by Gasteiger charge is 2.14. The summed E-state index contributed by atoms with van der Waals surface area (Å²) in [5.41, 5.74) is 3.86. The van der Waals surface area contributed by atoms with Crippen molar-refractivity contribution in [3.63, 3.8) is 0 Å². The molecule has 1 aliphatic rings. The molecule has 0 amide bonds. The molecule has 1 fully saturated rings. The number of H-pyrrole nitrogens is 1. The molecule has 3 heterocycles. The summed E-state index contributed by atoms with van der Waals surface area (Å²) in [4.78, 5) is 7.73. The van der Waals surface area contributed by atoms with Crippen LogP contribution in [0.4, 0.5) is 0 Å². The van der Waals surface area contributed by atoms with E-state index in [4.69, 9.17) is 0 Å². The summed E-state index contributed by atoms with van der Waals surface area (Å²) in [6.07, 6.45) is 7.59. The van der Waals surface area contributed by atoms with Crippen LogP contribution in [0.2, 0.25) is 0 Å². The van der Waals surface area contributed by atoms with Crippen LogP contribution in [0.5, 0.6) is 0 Å². The number of fused-ring (bicyclic) bond motifs is 3. The molecule has 2 aromatic heterocycles. The molecule has 0 bridgehead atoms. The first-order chi connectivity index (χ1) is 9.90. The van der Waals surface area contributed by atoms with Gasteiger partial charge in [-0.3, -0.25) is 4.98 Å². The van der Waals surface area contributed by atoms with Gasteiger partial charge in [-0.1, -0.05) is 12.1 Å². The summed E-state index contributed by atoms with van der Waals surface area (Å²) in [6.45, 7) is 2.34. The Balaban J connectivity index is 1.69. The minimum absolute atomic E-state index is 0.833. The molecule has 0 atom stereocenters. The lowest BCUT2D eigenvalue weighted by Crippen LogP contribution is -2.28. The van der Waals surface area contributed by atoms with Gasteiger partial charge in [-0.25, -0.2) is 0 Å². The van der Waals surface area contributed by atoms with Crippen molar-refractivity contribution in [1.82, 2.24) is 15.3 Å². The first kappa shape index (κ1) is 11.9. The predicted molar refractivity (Wildman–Crippen MR) is 82.9 cm³/mol. The highest BCUT2D eigenvalue weighted by atomic mass is 14.9. The average Bonchev–Trinajstić information content (AvgIpc) is 2.86. The maximum Gasteiger partial charge on any atom is 0.0495 e. The maximum absolute atomic E-state index is 4.22. The highest BCUT2D eigenvalue weighted by Crippen LogP contribution is 2.27. The summed E-state index contributed by atoms with van der Waals surface area (Å²) in [6, 6.07) is 8.89. The Hall–Kier alpha value is -1.87. The van der Waals surface area contributed by atoms with Crippen molar-refractivity contribution in [2.45, 2.75) is 19.3 Å². The largest absolute Gasteiger partial charge is 0.354 e. The van der Waals surface area contributed by atoms with Gasteiger partial charge in [0.2, 0.25) is 0 Å². The van der Waals surface area contributed by atoms with Crippen LogP contribution in [0.15, 0.2) is 36.7 Å². The van der Waals surface area contributed by atoms with Crippen LogP contribution in [0.1, 0.15) is 18.4 Å². The molecule has 0 radical (unpaired) electrons. The number of aromatic nitrogens is 2. The Morgan fingerprint density at radius 2 is 1.95 bits per heavy atom. The number of hydrogen-bond donors (Lipinski definition) is 2. The van der Waals surface area contributed by atoms with Crippen LogP contribution in [0.25, 0.3) is 21.8 Å². The molecule has 1 aromatic carbocycles. The van der Waals surface area contributed by atoms with Gasteiger partial charge in [-0.15, -0.1) is 0 Å². The van der Waals surface area contributed by atoms with Crippen LogP contribution >= 0.6 is 0 Å². The second kappa shape index (κ2) is 4.91. The van der Waals surface area contributed by atoms with E-state index in [1.807, 2.05) is 18.5 Å². The Labute approximate surface area is 118 Å². The Bertz CT molecular complexity index is 738. The van der Waals surface area contributed by atoms with Crippen molar-refractivity contribution in [1.29, 1.82) is 0 Å². The third-order valence-corrected chi connectivity index (χ3v) is 4.45. The van der Waals surface area contributed by atoms with E-state index in [1.54, 1.807) is 0 Å². The highest BCUT2D eigenvalue weighted by molar-refractivity contribution is 6.06. The van der Waals surface area contributed by atoms with Gasteiger partial charge in [0, 0.05) is 34.2 Å². The molecule has 3 heteroatoms. The Morgan fingerprint density at radius 3 is 2.85 bits per heavy atom. The fourth-order valence-corrected chi connectivity index (χ4v) is 3.34. The molecule has 2 N–H and O–H groups in total. The van der Waals surface area contributed by atoms with E-state index in [0.717, 1.165) is 5.92 Å². The molecular weight excluding hydrogens is 246 g/mol. The number of nitrogens with one attached hydrogen (secondary N) is 2. The second-order valence-corrected chi connectivity index (χ2v) is 5.82. The van der Waals surface area contributed by atoms with Crippen molar-refractivity contribution in [3.05, 3.63) is 42.2 Å². The van der Waals surface area contributed by atoms with Crippen molar-refractivity contribution in [3.8, 4) is 0 Å². The minimum Gasteiger partial charge on any atom is -0.354 e. The molecule has 3 nitrogen and oxygen atoms in total. The van der Waals surface area contributed by atoms with Gasteiger partial charge in [0.15, 0.2) is 0 Å². The summed E-state index contributed by atoms with van der Waals surface area (Å²) in [7, 11) is 0. The molecule has 0 aliphatic carbocycles. The SMILES string of the molecule is c1cc2[nH]c3cc(CC4CCNCC4)ccc3c2cn1. The summed E-state index contributed by atoms with van der Waals surface area (Å²) < 4.78 is 0. The fourth-order valence-electron chi connectivity index (χ4n) is 3.34. The summed E-state index contributed by atoms with van der Waals surface area (Å²) in [5.74, 6) is 0.833. The number of benzene rings is 1. The van der Waals surface area contributed by atoms with Crippen molar-refractivity contribution < 1.29 is 0 Å². The first-order valence-corrected chi connectivity index (χ1v) is 7.45. The van der Waals surface area contributed by atoms with Crippen LogP contribution < -0.4 is 5.32 Å². The molecule has 4 rings (SSSR count). The van der Waals surface area contributed by atoms with Gasteiger partial charge < -0.3 is 10.3 Å². The lowest BCUT2D eigenvalue weighted by molar-refractivity contribution is 0.373. The van der Waals surface area contributed by atoms with Gasteiger partial charge in [-0.05, 0) is 56.0 Å². The maximum atomic E-state index is 4.22. The number of nitrogens with zero attached hydrogens (tertiary/aromatic N) is 1. The van der Waals surface area contributed by atoms with Gasteiger partial charge >= 0.3 is 0 Å². The molecule has 0 unspecified atom stereocenters. The molecule has 1 saturated heterocycles. The second-order valence-electron chi connectivity index (χ2n) is 5.82. The zero-order valence-electron chi connectivity index (χ0n) is 11.5. The van der Waals surface area contributed by atoms with E-state index in [-0.39, 0.29) is 0 Å². The standard InChI is InChI=1S/C17H19N3/c1-2-14-15-11-19-8-5-16(15)20-17(14)10-13(1)9-12-3-6-18-7-4-12/h1-2,5,8,10-12,18,20H,3-4,6-7,9H2. The minimum atomic E-state index is 0.833. The third-order valence-electron chi connectivity index (χ3n) is 4.45. The fraction of sp³-hybridized carbons (Fsp3) is 0.353. The monoisotopic (exact) mass is 265 g/mol. The number of rotatable bonds is 2. The molecule has 102 valence electrons. The molecule has 1 aliphatic heterocycles. The van der Waals surface area contributed by atoms with Crippen molar-refractivity contribution in [2.75, 3.05) is 13.1 Å². The average molecular weight is 265 g/mol. The number of pyridine rings is 1. The van der Waals surface area contributed by atoms with Gasteiger partial charge in [0.25, 0.3) is 0 Å². The van der Waals surface area contributed by atoms with Gasteiger partial charge in [0.05, 0.1) is 0 Å². The normalized spacial score (nSPS) is 17.0. The van der Waals surface area contributed by atoms with Crippen LogP contribution in [0, 0.1) is 5.92 Å². The van der Waals surface area contributed by atoms with Gasteiger partial charge in [-0.2, -0.15) is 0 Å². The van der Waals surface area contributed by atoms with Crippen LogP contribution in [-0.2, 0) is 6.42 Å². The molecule has 0 spiro atoms. The van der Waals surface area contributed by atoms with E-state index in [1.165, 1.54) is 59.7 Å². The van der Waals surface area contributed by atoms with E-state index in [0.29, 0.717) is 0 Å². The number of hydrogen-bond acceptors (Lipinski definition) is 2. The summed E-state index contributed by atoms with van der Waals surface area (Å²) in [5, 5.41) is 5.93. The zero-order chi connectivity index (χ0) is 13.4. The third kappa shape index (κ3) is 2.08. The van der Waals surface area contributed by atoms with Crippen molar-refractivity contribution >= 4 is 21.8 Å². The molecule has 3 aromatic rings. The smallest absolute Gasteiger partial charge is 0.0495 e. The van der Waals surface area contributed by atoms with E-state index in [9.17, 15) is 0 Å². The van der Waals surface area contributed by atoms with Gasteiger partial charge in [0.1, 0.15) is 0 Å². The lowest BCUT2D eigenvalue weighted by Gasteiger charge is -2.22. The first-order valence-electron chi connectivity index (χ1n) is 7.45. The van der Waals surface area contributed by atoms with E-state index in [2.05, 4.69) is 33.5 Å². The van der Waals surface area contributed by atoms with E-state index < -0.39 is 0 Å². The zero-order valence-corrected chi connectivity index (χ0v) is 11.5. The van der Waals surface area contributed by atoms with Crippen LogP contribution in [0.3, 0.4) is 0 Å². The Kier molecular flexibility index (Phi) is 2.92. The van der Waals surface area contributed by atoms with Crippen LogP contribution in [-0.4, -0.2) is 23.1 Å². The number of piperidine rings is 1. The van der Waals surface area contributed by atoms with Crippen molar-refractivity contribution in [2.24, 2.45) is 5.92 Å². The molecular formula is C17H19N3. The lowest BCUT2D eigenvalue weighted by atomic mass is 9.91. The molecule has 20 heavy (non-hydrogen) atoms. The quantitative estimate of drug-likeness (QED) is 0.746. The Morgan fingerprint density at radius 1 is 1.05 bits per heavy atom. The summed E-state index contributed by atoms with van der Waals surface area (Å²) >= 11 is 0. The van der Waals surface area contributed by atoms with E-state index >= 15 is 0 Å².